The Bertz CT molecular complexity index is 336. The number of aryl methyl sites for hydroxylation is 1. The number of aliphatic hydroxyl groups excluding tert-OH is 1. The van der Waals surface area contributed by atoms with Crippen LogP contribution in [0, 0.1) is 0 Å². The number of rotatable bonds is 6. The van der Waals surface area contributed by atoms with Crippen molar-refractivity contribution in [1.29, 1.82) is 0 Å². The molecule has 0 aliphatic carbocycles. The molecule has 1 heterocycles. The standard InChI is InChI=1S/C11H19N3O2/c1-13(7-4-3-5-9-15)11(16)10-6-8-14(2)12-10/h6,8,15H,3-5,7,9H2,1-2H3. The number of nitrogens with zero attached hydrogens (tertiary/aromatic N) is 3. The lowest BCUT2D eigenvalue weighted by molar-refractivity contribution is 0.0785. The molecule has 90 valence electrons. The SMILES string of the molecule is CN(CCCCCO)C(=O)c1ccn(C)n1. The Morgan fingerprint density at radius 2 is 2.25 bits per heavy atom. The van der Waals surface area contributed by atoms with E-state index in [0.717, 1.165) is 19.3 Å². The molecular weight excluding hydrogens is 206 g/mol. The van der Waals surface area contributed by atoms with E-state index in [0.29, 0.717) is 12.2 Å². The molecule has 0 atom stereocenters. The van der Waals surface area contributed by atoms with Crippen LogP contribution in [0.5, 0.6) is 0 Å². The maximum Gasteiger partial charge on any atom is 0.274 e. The fourth-order valence-electron chi connectivity index (χ4n) is 1.46. The molecule has 0 radical (unpaired) electrons. The van der Waals surface area contributed by atoms with Crippen molar-refractivity contribution in [2.75, 3.05) is 20.2 Å². The van der Waals surface area contributed by atoms with Gasteiger partial charge in [-0.25, -0.2) is 0 Å². The third-order valence-electron chi connectivity index (χ3n) is 2.43. The van der Waals surface area contributed by atoms with Crippen LogP contribution >= 0.6 is 0 Å². The zero-order chi connectivity index (χ0) is 12.0. The van der Waals surface area contributed by atoms with Gasteiger partial charge in [-0.05, 0) is 25.3 Å². The molecule has 1 N–H and O–H groups in total. The molecule has 5 nitrogen and oxygen atoms in total. The van der Waals surface area contributed by atoms with Crippen LogP contribution in [-0.4, -0.2) is 45.9 Å². The third-order valence-corrected chi connectivity index (χ3v) is 2.43. The average molecular weight is 225 g/mol. The lowest BCUT2D eigenvalue weighted by Crippen LogP contribution is -2.28. The summed E-state index contributed by atoms with van der Waals surface area (Å²) in [6, 6.07) is 1.71. The second-order valence-electron chi connectivity index (χ2n) is 3.89. The predicted molar refractivity (Wildman–Crippen MR) is 61.1 cm³/mol. The molecule has 0 aliphatic heterocycles. The van der Waals surface area contributed by atoms with Gasteiger partial charge in [0.15, 0.2) is 0 Å². The molecular formula is C11H19N3O2. The Kier molecular flexibility index (Phi) is 4.98. The molecule has 0 unspecified atom stereocenters. The summed E-state index contributed by atoms with van der Waals surface area (Å²) in [5.74, 6) is -0.0513. The maximum absolute atomic E-state index is 11.8. The second kappa shape index (κ2) is 6.27. The Morgan fingerprint density at radius 3 is 2.81 bits per heavy atom. The summed E-state index contributed by atoms with van der Waals surface area (Å²) in [7, 11) is 3.56. The number of carbonyl (C=O) groups is 1. The zero-order valence-corrected chi connectivity index (χ0v) is 9.89. The predicted octanol–water partition coefficient (Wildman–Crippen LogP) is 0.655. The van der Waals surface area contributed by atoms with Crippen molar-refractivity contribution in [3.05, 3.63) is 18.0 Å². The van der Waals surface area contributed by atoms with E-state index in [-0.39, 0.29) is 12.5 Å². The fourth-order valence-corrected chi connectivity index (χ4v) is 1.46. The number of hydrogen-bond donors (Lipinski definition) is 1. The first-order chi connectivity index (χ1) is 7.65. The first kappa shape index (κ1) is 12.7. The molecule has 0 saturated carbocycles. The molecule has 16 heavy (non-hydrogen) atoms. The van der Waals surface area contributed by atoms with Crippen LogP contribution in [-0.2, 0) is 7.05 Å². The number of carbonyl (C=O) groups excluding carboxylic acids is 1. The van der Waals surface area contributed by atoms with Crippen LogP contribution in [0.2, 0.25) is 0 Å². The van der Waals surface area contributed by atoms with E-state index in [1.54, 1.807) is 35.9 Å². The minimum atomic E-state index is -0.0513. The highest BCUT2D eigenvalue weighted by atomic mass is 16.2. The molecule has 0 spiro atoms. The number of hydrogen-bond acceptors (Lipinski definition) is 3. The molecule has 1 aromatic heterocycles. The van der Waals surface area contributed by atoms with Gasteiger partial charge in [-0.1, -0.05) is 0 Å². The van der Waals surface area contributed by atoms with Crippen molar-refractivity contribution in [2.45, 2.75) is 19.3 Å². The van der Waals surface area contributed by atoms with E-state index in [4.69, 9.17) is 5.11 Å². The lowest BCUT2D eigenvalue weighted by atomic mass is 10.2. The third kappa shape index (κ3) is 3.66. The van der Waals surface area contributed by atoms with Crippen LogP contribution in [0.3, 0.4) is 0 Å². The summed E-state index contributed by atoms with van der Waals surface area (Å²) in [5.41, 5.74) is 0.479. The van der Waals surface area contributed by atoms with E-state index >= 15 is 0 Å². The largest absolute Gasteiger partial charge is 0.396 e. The van der Waals surface area contributed by atoms with Gasteiger partial charge in [0.05, 0.1) is 0 Å². The van der Waals surface area contributed by atoms with Crippen LogP contribution in [0.4, 0.5) is 0 Å². The number of aliphatic hydroxyl groups is 1. The number of aromatic nitrogens is 2. The van der Waals surface area contributed by atoms with Crippen molar-refractivity contribution in [2.24, 2.45) is 7.05 Å². The van der Waals surface area contributed by atoms with E-state index in [1.807, 2.05) is 0 Å². The fraction of sp³-hybridized carbons (Fsp3) is 0.636. The highest BCUT2D eigenvalue weighted by Crippen LogP contribution is 2.02. The molecule has 0 fully saturated rings. The lowest BCUT2D eigenvalue weighted by Gasteiger charge is -2.15. The minimum Gasteiger partial charge on any atom is -0.396 e. The molecule has 5 heteroatoms. The summed E-state index contributed by atoms with van der Waals surface area (Å²) >= 11 is 0. The van der Waals surface area contributed by atoms with Gasteiger partial charge in [-0.2, -0.15) is 5.10 Å². The van der Waals surface area contributed by atoms with Crippen molar-refractivity contribution in [3.8, 4) is 0 Å². The monoisotopic (exact) mass is 225 g/mol. The summed E-state index contributed by atoms with van der Waals surface area (Å²) in [6.07, 6.45) is 4.41. The Hall–Kier alpha value is -1.36. The average Bonchev–Trinajstić information content (AvgIpc) is 2.70. The van der Waals surface area contributed by atoms with Gasteiger partial charge in [0.25, 0.3) is 5.91 Å². The van der Waals surface area contributed by atoms with Gasteiger partial charge < -0.3 is 10.0 Å². The molecule has 0 saturated heterocycles. The van der Waals surface area contributed by atoms with Crippen LogP contribution in [0.1, 0.15) is 29.8 Å². The summed E-state index contributed by atoms with van der Waals surface area (Å²) in [5, 5.41) is 12.7. The van der Waals surface area contributed by atoms with E-state index in [2.05, 4.69) is 5.10 Å². The first-order valence-corrected chi connectivity index (χ1v) is 5.51. The van der Waals surface area contributed by atoms with Crippen molar-refractivity contribution in [1.82, 2.24) is 14.7 Å². The van der Waals surface area contributed by atoms with E-state index in [9.17, 15) is 4.79 Å². The molecule has 0 aromatic carbocycles. The van der Waals surface area contributed by atoms with E-state index in [1.165, 1.54) is 0 Å². The Labute approximate surface area is 95.7 Å². The Balaban J connectivity index is 2.36. The zero-order valence-electron chi connectivity index (χ0n) is 9.89. The number of unbranched alkanes of at least 4 members (excludes halogenated alkanes) is 2. The minimum absolute atomic E-state index is 0.0513. The maximum atomic E-state index is 11.8. The van der Waals surface area contributed by atoms with Gasteiger partial charge in [-0.3, -0.25) is 9.48 Å². The topological polar surface area (TPSA) is 58.4 Å². The highest BCUT2D eigenvalue weighted by molar-refractivity contribution is 5.91. The molecule has 1 aromatic rings. The molecule has 0 bridgehead atoms. The summed E-state index contributed by atoms with van der Waals surface area (Å²) in [4.78, 5) is 13.5. The molecule has 1 rings (SSSR count). The van der Waals surface area contributed by atoms with Gasteiger partial charge in [0, 0.05) is 33.4 Å². The van der Waals surface area contributed by atoms with Gasteiger partial charge in [-0.15, -0.1) is 0 Å². The van der Waals surface area contributed by atoms with Gasteiger partial charge in [0.1, 0.15) is 5.69 Å². The normalized spacial score (nSPS) is 10.4. The smallest absolute Gasteiger partial charge is 0.274 e. The van der Waals surface area contributed by atoms with Crippen LogP contribution < -0.4 is 0 Å². The quantitative estimate of drug-likeness (QED) is 0.723. The molecule has 1 amide bonds. The number of amides is 1. The van der Waals surface area contributed by atoms with Crippen LogP contribution in [0.25, 0.3) is 0 Å². The summed E-state index contributed by atoms with van der Waals surface area (Å²) < 4.78 is 1.62. The molecule has 0 aliphatic rings. The highest BCUT2D eigenvalue weighted by Gasteiger charge is 2.13. The first-order valence-electron chi connectivity index (χ1n) is 5.51. The van der Waals surface area contributed by atoms with Crippen LogP contribution in [0.15, 0.2) is 12.3 Å². The van der Waals surface area contributed by atoms with Gasteiger partial charge >= 0.3 is 0 Å². The van der Waals surface area contributed by atoms with Crippen molar-refractivity contribution in [3.63, 3.8) is 0 Å². The Morgan fingerprint density at radius 1 is 1.50 bits per heavy atom. The van der Waals surface area contributed by atoms with Crippen molar-refractivity contribution >= 4 is 5.91 Å². The van der Waals surface area contributed by atoms with Gasteiger partial charge in [0.2, 0.25) is 0 Å². The second-order valence-corrected chi connectivity index (χ2v) is 3.89. The summed E-state index contributed by atoms with van der Waals surface area (Å²) in [6.45, 7) is 0.924. The van der Waals surface area contributed by atoms with Crippen molar-refractivity contribution < 1.29 is 9.90 Å². The van der Waals surface area contributed by atoms with E-state index < -0.39 is 0 Å².